The highest BCUT2D eigenvalue weighted by Gasteiger charge is 2.07. The van der Waals surface area contributed by atoms with Gasteiger partial charge in [0.15, 0.2) is 6.29 Å². The number of hydrogen-bond donors (Lipinski definition) is 1. The van der Waals surface area contributed by atoms with Gasteiger partial charge in [0.25, 0.3) is 0 Å². The van der Waals surface area contributed by atoms with Crippen LogP contribution in [0, 0.1) is 0 Å². The molecule has 0 aliphatic carbocycles. The Morgan fingerprint density at radius 1 is 1.64 bits per heavy atom. The molecule has 0 spiro atoms. The molecule has 0 atom stereocenters. The number of ether oxygens (including phenoxy) is 1. The van der Waals surface area contributed by atoms with Crippen molar-refractivity contribution in [2.75, 3.05) is 6.61 Å². The van der Waals surface area contributed by atoms with E-state index in [9.17, 15) is 4.79 Å². The number of aldehydes is 1. The van der Waals surface area contributed by atoms with Crippen LogP contribution in [0.5, 0.6) is 5.88 Å². The smallest absolute Gasteiger partial charge is 0.238 e. The van der Waals surface area contributed by atoms with Gasteiger partial charge in [0.1, 0.15) is 5.52 Å². The van der Waals surface area contributed by atoms with Crippen LogP contribution in [0.2, 0.25) is 0 Å². The number of nitrogens with zero attached hydrogens (tertiary/aromatic N) is 1. The van der Waals surface area contributed by atoms with Gasteiger partial charge in [0, 0.05) is 23.3 Å². The van der Waals surface area contributed by atoms with Crippen LogP contribution in [0.25, 0.3) is 10.9 Å². The van der Waals surface area contributed by atoms with Crippen molar-refractivity contribution < 1.29 is 9.53 Å². The highest BCUT2D eigenvalue weighted by molar-refractivity contribution is 5.98. The summed E-state index contributed by atoms with van der Waals surface area (Å²) < 4.78 is 5.32. The van der Waals surface area contributed by atoms with Gasteiger partial charge in [-0.3, -0.25) is 4.79 Å². The molecule has 2 rings (SSSR count). The van der Waals surface area contributed by atoms with Gasteiger partial charge in [-0.1, -0.05) is 0 Å². The molecule has 0 radical (unpaired) electrons. The summed E-state index contributed by atoms with van der Waals surface area (Å²) in [6, 6.07) is 1.79. The molecule has 4 heteroatoms. The number of rotatable bonds is 3. The summed E-state index contributed by atoms with van der Waals surface area (Å²) in [5, 5.41) is 0.846. The predicted octanol–water partition coefficient (Wildman–Crippen LogP) is 1.77. The summed E-state index contributed by atoms with van der Waals surface area (Å²) in [6.07, 6.45) is 4.10. The number of hydrogen-bond acceptors (Lipinski definition) is 3. The number of aromatic amines is 1. The molecule has 2 aromatic rings. The molecule has 4 nitrogen and oxygen atoms in total. The Bertz CT molecular complexity index is 462. The Hall–Kier alpha value is -1.84. The van der Waals surface area contributed by atoms with E-state index in [0.717, 1.165) is 17.2 Å². The zero-order valence-corrected chi connectivity index (χ0v) is 7.78. The summed E-state index contributed by atoms with van der Waals surface area (Å²) in [4.78, 5) is 17.7. The van der Waals surface area contributed by atoms with Crippen LogP contribution < -0.4 is 4.74 Å². The first kappa shape index (κ1) is 8.74. The lowest BCUT2D eigenvalue weighted by molar-refractivity contribution is 0.112. The van der Waals surface area contributed by atoms with Gasteiger partial charge in [-0.15, -0.1) is 0 Å². The molecule has 0 aromatic carbocycles. The molecule has 1 N–H and O–H groups in total. The van der Waals surface area contributed by atoms with Gasteiger partial charge in [-0.25, -0.2) is 4.98 Å². The standard InChI is InChI=1S/C10H10N2O2/c1-2-14-10-9-8(3-4-11-10)7(6-13)5-12-9/h3-6,12H,2H2,1H3. The van der Waals surface area contributed by atoms with Gasteiger partial charge in [0.05, 0.1) is 6.61 Å². The number of carbonyl (C=O) groups is 1. The number of carbonyl (C=O) groups excluding carboxylic acids is 1. The molecule has 14 heavy (non-hydrogen) atoms. The van der Waals surface area contributed by atoms with Crippen molar-refractivity contribution in [1.29, 1.82) is 0 Å². The van der Waals surface area contributed by atoms with E-state index in [2.05, 4.69) is 9.97 Å². The minimum Gasteiger partial charge on any atom is -0.476 e. The van der Waals surface area contributed by atoms with E-state index < -0.39 is 0 Å². The van der Waals surface area contributed by atoms with Crippen LogP contribution in [0.1, 0.15) is 17.3 Å². The van der Waals surface area contributed by atoms with Crippen LogP contribution >= 0.6 is 0 Å². The Morgan fingerprint density at radius 3 is 3.21 bits per heavy atom. The second-order valence-electron chi connectivity index (χ2n) is 2.83. The van der Waals surface area contributed by atoms with Crippen molar-refractivity contribution in [1.82, 2.24) is 9.97 Å². The quantitative estimate of drug-likeness (QED) is 0.750. The largest absolute Gasteiger partial charge is 0.476 e. The lowest BCUT2D eigenvalue weighted by Crippen LogP contribution is -1.94. The lowest BCUT2D eigenvalue weighted by Gasteiger charge is -2.01. The molecule has 2 heterocycles. The Morgan fingerprint density at radius 2 is 2.50 bits per heavy atom. The van der Waals surface area contributed by atoms with Crippen LogP contribution in [0.3, 0.4) is 0 Å². The molecule has 0 amide bonds. The first-order valence-corrected chi connectivity index (χ1v) is 4.41. The third-order valence-corrected chi connectivity index (χ3v) is 2.01. The van der Waals surface area contributed by atoms with Gasteiger partial charge >= 0.3 is 0 Å². The normalized spacial score (nSPS) is 10.4. The number of fused-ring (bicyclic) bond motifs is 1. The first-order chi connectivity index (χ1) is 6.86. The van der Waals surface area contributed by atoms with E-state index in [1.54, 1.807) is 18.5 Å². The van der Waals surface area contributed by atoms with Crippen molar-refractivity contribution in [2.45, 2.75) is 6.92 Å². The Kier molecular flexibility index (Phi) is 2.18. The van der Waals surface area contributed by atoms with Crippen LogP contribution in [0.15, 0.2) is 18.5 Å². The summed E-state index contributed by atoms with van der Waals surface area (Å²) in [7, 11) is 0. The number of H-pyrrole nitrogens is 1. The minimum absolute atomic E-state index is 0.540. The molecule has 0 unspecified atom stereocenters. The van der Waals surface area contributed by atoms with Gasteiger partial charge < -0.3 is 9.72 Å². The van der Waals surface area contributed by atoms with Crippen LogP contribution in [-0.2, 0) is 0 Å². The van der Waals surface area contributed by atoms with E-state index in [1.165, 1.54) is 0 Å². The van der Waals surface area contributed by atoms with Gasteiger partial charge in [-0.05, 0) is 13.0 Å². The van der Waals surface area contributed by atoms with Crippen molar-refractivity contribution in [3.63, 3.8) is 0 Å². The summed E-state index contributed by atoms with van der Waals surface area (Å²) in [5.74, 6) is 0.540. The molecule has 72 valence electrons. The summed E-state index contributed by atoms with van der Waals surface area (Å²) in [6.45, 7) is 2.45. The van der Waals surface area contributed by atoms with E-state index >= 15 is 0 Å². The molecule has 0 fully saturated rings. The first-order valence-electron chi connectivity index (χ1n) is 4.41. The fourth-order valence-corrected chi connectivity index (χ4v) is 1.39. The molecule has 0 aliphatic heterocycles. The summed E-state index contributed by atoms with van der Waals surface area (Å²) in [5.41, 5.74) is 1.40. The second kappa shape index (κ2) is 3.49. The second-order valence-corrected chi connectivity index (χ2v) is 2.83. The van der Waals surface area contributed by atoms with E-state index in [1.807, 2.05) is 6.92 Å². The van der Waals surface area contributed by atoms with E-state index in [4.69, 9.17) is 4.74 Å². The van der Waals surface area contributed by atoms with Crippen LogP contribution in [-0.4, -0.2) is 22.9 Å². The molecule has 0 bridgehead atoms. The lowest BCUT2D eigenvalue weighted by atomic mass is 10.2. The van der Waals surface area contributed by atoms with E-state index in [-0.39, 0.29) is 0 Å². The maximum Gasteiger partial charge on any atom is 0.238 e. The van der Waals surface area contributed by atoms with Gasteiger partial charge in [-0.2, -0.15) is 0 Å². The number of nitrogens with one attached hydrogen (secondary N) is 1. The number of aromatic nitrogens is 2. The third kappa shape index (κ3) is 1.25. The van der Waals surface area contributed by atoms with Crippen LogP contribution in [0.4, 0.5) is 0 Å². The van der Waals surface area contributed by atoms with Crippen molar-refractivity contribution in [2.24, 2.45) is 0 Å². The predicted molar refractivity (Wildman–Crippen MR) is 52.7 cm³/mol. The maximum absolute atomic E-state index is 10.7. The highest BCUT2D eigenvalue weighted by atomic mass is 16.5. The van der Waals surface area contributed by atoms with Crippen molar-refractivity contribution in [3.8, 4) is 5.88 Å². The summed E-state index contributed by atoms with van der Waals surface area (Å²) >= 11 is 0. The fourth-order valence-electron chi connectivity index (χ4n) is 1.39. The Balaban J connectivity index is 2.63. The third-order valence-electron chi connectivity index (χ3n) is 2.01. The van der Waals surface area contributed by atoms with Gasteiger partial charge in [0.2, 0.25) is 5.88 Å². The average Bonchev–Trinajstić information content (AvgIpc) is 2.62. The molecule has 0 saturated carbocycles. The molecule has 0 aliphatic rings. The van der Waals surface area contributed by atoms with Crippen molar-refractivity contribution in [3.05, 3.63) is 24.0 Å². The molecule has 2 aromatic heterocycles. The van der Waals surface area contributed by atoms with Crippen molar-refractivity contribution >= 4 is 17.2 Å². The average molecular weight is 190 g/mol. The SMILES string of the molecule is CCOc1nccc2c(C=O)c[nH]c12. The fraction of sp³-hybridized carbons (Fsp3) is 0.200. The molecular weight excluding hydrogens is 180 g/mol. The zero-order chi connectivity index (χ0) is 9.97. The van der Waals surface area contributed by atoms with E-state index in [0.29, 0.717) is 18.1 Å². The monoisotopic (exact) mass is 190 g/mol. The zero-order valence-electron chi connectivity index (χ0n) is 7.78. The maximum atomic E-state index is 10.7. The topological polar surface area (TPSA) is 55.0 Å². The highest BCUT2D eigenvalue weighted by Crippen LogP contribution is 2.23. The number of pyridine rings is 1. The molecular formula is C10H10N2O2. The minimum atomic E-state index is 0.540. The molecule has 0 saturated heterocycles. The Labute approximate surface area is 80.9 Å².